The molecule has 3 rings (SSSR count). The number of anilines is 1. The topological polar surface area (TPSA) is 73.2 Å². The van der Waals surface area contributed by atoms with Crippen molar-refractivity contribution >= 4 is 11.7 Å². The van der Waals surface area contributed by atoms with Crippen LogP contribution in [0.3, 0.4) is 0 Å². The van der Waals surface area contributed by atoms with E-state index in [0.717, 1.165) is 6.07 Å². The predicted octanol–water partition coefficient (Wildman–Crippen LogP) is 3.02. The molecule has 0 unspecified atom stereocenters. The summed E-state index contributed by atoms with van der Waals surface area (Å²) < 4.78 is 20.0. The summed E-state index contributed by atoms with van der Waals surface area (Å²) in [6, 6.07) is 12.1. The minimum atomic E-state index is -0.612. The fraction of sp³-hybridized carbons (Fsp3) is 0.105. The third kappa shape index (κ3) is 3.77. The van der Waals surface area contributed by atoms with E-state index in [2.05, 4.69) is 10.3 Å². The summed E-state index contributed by atoms with van der Waals surface area (Å²) >= 11 is 0. The maximum atomic E-state index is 13.2. The Hall–Kier alpha value is -3.48. The summed E-state index contributed by atoms with van der Waals surface area (Å²) in [6.45, 7) is 2.43. The first-order valence-corrected chi connectivity index (χ1v) is 7.96. The SMILES string of the molecule is CCOc1ccc(-n2ccnc(NC(=O)c3cccc(F)c3)c2=O)cc1. The van der Waals surface area contributed by atoms with Crippen LogP contribution in [0.25, 0.3) is 5.69 Å². The maximum absolute atomic E-state index is 13.2. The molecular weight excluding hydrogens is 337 g/mol. The molecule has 0 aliphatic carbocycles. The second kappa shape index (κ2) is 7.60. The number of aromatic nitrogens is 2. The monoisotopic (exact) mass is 353 g/mol. The molecule has 7 heteroatoms. The number of nitrogens with zero attached hydrogens (tertiary/aromatic N) is 2. The quantitative estimate of drug-likeness (QED) is 0.765. The van der Waals surface area contributed by atoms with Gasteiger partial charge in [0.25, 0.3) is 11.5 Å². The molecule has 0 atom stereocenters. The van der Waals surface area contributed by atoms with Gasteiger partial charge in [-0.3, -0.25) is 14.2 Å². The van der Waals surface area contributed by atoms with Crippen LogP contribution in [0.1, 0.15) is 17.3 Å². The van der Waals surface area contributed by atoms with Gasteiger partial charge in [0.1, 0.15) is 11.6 Å². The molecule has 1 amide bonds. The highest BCUT2D eigenvalue weighted by Gasteiger charge is 2.12. The van der Waals surface area contributed by atoms with E-state index in [1.165, 1.54) is 35.2 Å². The fourth-order valence-electron chi connectivity index (χ4n) is 2.38. The van der Waals surface area contributed by atoms with Crippen molar-refractivity contribution in [1.29, 1.82) is 0 Å². The minimum absolute atomic E-state index is 0.0997. The van der Waals surface area contributed by atoms with Crippen LogP contribution in [0.4, 0.5) is 10.2 Å². The Labute approximate surface area is 148 Å². The van der Waals surface area contributed by atoms with Crippen LogP contribution < -0.4 is 15.6 Å². The lowest BCUT2D eigenvalue weighted by molar-refractivity contribution is 0.102. The van der Waals surface area contributed by atoms with Crippen LogP contribution in [-0.2, 0) is 0 Å². The lowest BCUT2D eigenvalue weighted by atomic mass is 10.2. The van der Waals surface area contributed by atoms with E-state index in [4.69, 9.17) is 4.74 Å². The Kier molecular flexibility index (Phi) is 5.07. The summed E-state index contributed by atoms with van der Waals surface area (Å²) in [5, 5.41) is 2.42. The summed E-state index contributed by atoms with van der Waals surface area (Å²) in [5.41, 5.74) is 0.200. The first-order chi connectivity index (χ1) is 12.6. The van der Waals surface area contributed by atoms with Crippen LogP contribution in [0.5, 0.6) is 5.75 Å². The van der Waals surface area contributed by atoms with Crippen molar-refractivity contribution in [1.82, 2.24) is 9.55 Å². The van der Waals surface area contributed by atoms with Crippen LogP contribution in [-0.4, -0.2) is 22.1 Å². The van der Waals surface area contributed by atoms with Gasteiger partial charge >= 0.3 is 0 Å². The molecule has 0 aliphatic rings. The van der Waals surface area contributed by atoms with Gasteiger partial charge in [0.2, 0.25) is 0 Å². The smallest absolute Gasteiger partial charge is 0.298 e. The molecule has 1 aromatic heterocycles. The molecule has 0 bridgehead atoms. The van der Waals surface area contributed by atoms with Gasteiger partial charge < -0.3 is 10.1 Å². The molecule has 0 spiro atoms. The highest BCUT2D eigenvalue weighted by atomic mass is 19.1. The number of ether oxygens (including phenoxy) is 1. The van der Waals surface area contributed by atoms with E-state index in [1.807, 2.05) is 6.92 Å². The second-order valence-electron chi connectivity index (χ2n) is 5.34. The average molecular weight is 353 g/mol. The summed E-state index contributed by atoms with van der Waals surface area (Å²) in [7, 11) is 0. The predicted molar refractivity (Wildman–Crippen MR) is 95.4 cm³/mol. The molecular formula is C19H16FN3O3. The number of hydrogen-bond donors (Lipinski definition) is 1. The number of nitrogens with one attached hydrogen (secondary N) is 1. The van der Waals surface area contributed by atoms with Crippen LogP contribution >= 0.6 is 0 Å². The zero-order valence-electron chi connectivity index (χ0n) is 14.0. The molecule has 132 valence electrons. The molecule has 0 aliphatic heterocycles. The lowest BCUT2D eigenvalue weighted by Gasteiger charge is -2.09. The van der Waals surface area contributed by atoms with Crippen molar-refractivity contribution in [3.05, 3.63) is 82.7 Å². The van der Waals surface area contributed by atoms with Gasteiger partial charge in [-0.1, -0.05) is 6.07 Å². The fourth-order valence-corrected chi connectivity index (χ4v) is 2.38. The first-order valence-electron chi connectivity index (χ1n) is 7.96. The molecule has 2 aromatic carbocycles. The van der Waals surface area contributed by atoms with Gasteiger partial charge in [0.05, 0.1) is 6.61 Å². The van der Waals surface area contributed by atoms with E-state index in [0.29, 0.717) is 18.0 Å². The Morgan fingerprint density at radius 1 is 1.23 bits per heavy atom. The van der Waals surface area contributed by atoms with Gasteiger partial charge in [-0.05, 0) is 49.4 Å². The van der Waals surface area contributed by atoms with Gasteiger partial charge in [-0.25, -0.2) is 9.37 Å². The van der Waals surface area contributed by atoms with Crippen molar-refractivity contribution in [2.75, 3.05) is 11.9 Å². The van der Waals surface area contributed by atoms with E-state index in [-0.39, 0.29) is 11.4 Å². The number of carbonyl (C=O) groups is 1. The van der Waals surface area contributed by atoms with Gasteiger partial charge in [0, 0.05) is 23.6 Å². The summed E-state index contributed by atoms with van der Waals surface area (Å²) in [4.78, 5) is 28.7. The van der Waals surface area contributed by atoms with Crippen molar-refractivity contribution in [2.24, 2.45) is 0 Å². The van der Waals surface area contributed by atoms with Gasteiger partial charge in [-0.2, -0.15) is 0 Å². The Balaban J connectivity index is 1.87. The normalized spacial score (nSPS) is 10.4. The highest BCUT2D eigenvalue weighted by Crippen LogP contribution is 2.14. The Morgan fingerprint density at radius 3 is 2.69 bits per heavy atom. The molecule has 0 radical (unpaired) electrons. The second-order valence-corrected chi connectivity index (χ2v) is 5.34. The van der Waals surface area contributed by atoms with Crippen LogP contribution in [0, 0.1) is 5.82 Å². The molecule has 0 saturated carbocycles. The number of rotatable bonds is 5. The third-order valence-corrected chi connectivity index (χ3v) is 3.59. The Morgan fingerprint density at radius 2 is 2.00 bits per heavy atom. The standard InChI is InChI=1S/C19H16FN3O3/c1-2-26-16-8-6-15(7-9-16)23-11-10-21-17(19(23)25)22-18(24)13-4-3-5-14(20)12-13/h3-12H,2H2,1H3,(H,21,22,24). The number of benzene rings is 2. The van der Waals surface area contributed by atoms with E-state index < -0.39 is 17.3 Å². The molecule has 0 saturated heterocycles. The van der Waals surface area contributed by atoms with Gasteiger partial charge in [-0.15, -0.1) is 0 Å². The molecule has 0 fully saturated rings. The zero-order valence-corrected chi connectivity index (χ0v) is 14.0. The highest BCUT2D eigenvalue weighted by molar-refractivity contribution is 6.03. The van der Waals surface area contributed by atoms with Crippen molar-refractivity contribution < 1.29 is 13.9 Å². The van der Waals surface area contributed by atoms with Crippen molar-refractivity contribution in [2.45, 2.75) is 6.92 Å². The lowest BCUT2D eigenvalue weighted by Crippen LogP contribution is -2.26. The number of amides is 1. The van der Waals surface area contributed by atoms with E-state index in [9.17, 15) is 14.0 Å². The van der Waals surface area contributed by atoms with Crippen LogP contribution in [0.15, 0.2) is 65.7 Å². The van der Waals surface area contributed by atoms with Crippen LogP contribution in [0.2, 0.25) is 0 Å². The average Bonchev–Trinajstić information content (AvgIpc) is 2.64. The van der Waals surface area contributed by atoms with E-state index in [1.54, 1.807) is 24.3 Å². The Bertz CT molecular complexity index is 984. The molecule has 6 nitrogen and oxygen atoms in total. The first kappa shape index (κ1) is 17.3. The summed E-state index contributed by atoms with van der Waals surface area (Å²) in [6.07, 6.45) is 2.90. The van der Waals surface area contributed by atoms with Crippen molar-refractivity contribution in [3.8, 4) is 11.4 Å². The number of hydrogen-bond acceptors (Lipinski definition) is 4. The third-order valence-electron chi connectivity index (χ3n) is 3.59. The largest absolute Gasteiger partial charge is 0.494 e. The molecule has 3 aromatic rings. The molecule has 26 heavy (non-hydrogen) atoms. The molecule has 1 N–H and O–H groups in total. The molecule has 1 heterocycles. The minimum Gasteiger partial charge on any atom is -0.494 e. The van der Waals surface area contributed by atoms with E-state index >= 15 is 0 Å². The zero-order chi connectivity index (χ0) is 18.5. The maximum Gasteiger partial charge on any atom is 0.298 e. The number of carbonyl (C=O) groups excluding carboxylic acids is 1. The van der Waals surface area contributed by atoms with Gasteiger partial charge in [0.15, 0.2) is 5.82 Å². The number of halogens is 1. The summed E-state index contributed by atoms with van der Waals surface area (Å²) in [5.74, 6) is -0.599. The van der Waals surface area contributed by atoms with Crippen molar-refractivity contribution in [3.63, 3.8) is 0 Å².